The number of hydrogen-bond donors (Lipinski definition) is 0. The first-order valence-electron chi connectivity index (χ1n) is 5.19. The molecule has 0 aromatic rings. The van der Waals surface area contributed by atoms with Gasteiger partial charge in [-0.3, -0.25) is 0 Å². The van der Waals surface area contributed by atoms with Gasteiger partial charge in [-0.2, -0.15) is 0 Å². The van der Waals surface area contributed by atoms with Crippen LogP contribution in [0.2, 0.25) is 0 Å². The molecule has 84 valence electrons. The van der Waals surface area contributed by atoms with Gasteiger partial charge in [0.15, 0.2) is 0 Å². The largest absolute Gasteiger partial charge is 1.00 e. The minimum Gasteiger partial charge on any atom is -0.748 e. The Labute approximate surface area is 136 Å². The maximum atomic E-state index is 11.1. The van der Waals surface area contributed by atoms with Crippen molar-refractivity contribution < 1.29 is 64.4 Å². The van der Waals surface area contributed by atoms with Crippen LogP contribution in [-0.4, -0.2) is 18.2 Å². The first-order chi connectivity index (χ1) is 6.25. The van der Waals surface area contributed by atoms with Crippen molar-refractivity contribution >= 4 is 10.1 Å². The molecule has 0 spiro atoms. The zero-order valence-corrected chi connectivity index (χ0v) is 14.2. The van der Waals surface area contributed by atoms with Crippen LogP contribution in [0, 0.1) is 23.7 Å². The van der Waals surface area contributed by atoms with Crippen molar-refractivity contribution in [2.75, 3.05) is 0 Å². The molecule has 0 aliphatic heterocycles. The average Bonchev–Trinajstić information content (AvgIpc) is 1.97. The Morgan fingerprint density at radius 3 is 1.87 bits per heavy atom. The standard InChI is InChI=1S/C10H20O3S.K/c1-6-5-7(2)10(14(11,12)13)9(4)8(6)3;/h6-10H,5H2,1-4H3,(H,11,12,13);/q;+1/p-1. The van der Waals surface area contributed by atoms with E-state index in [4.69, 9.17) is 0 Å². The molecule has 5 unspecified atom stereocenters. The Hall–Kier alpha value is 1.55. The predicted octanol–water partition coefficient (Wildman–Crippen LogP) is -1.15. The number of rotatable bonds is 1. The van der Waals surface area contributed by atoms with Gasteiger partial charge in [0.1, 0.15) is 0 Å². The maximum absolute atomic E-state index is 11.1. The Morgan fingerprint density at radius 2 is 1.47 bits per heavy atom. The van der Waals surface area contributed by atoms with Crippen molar-refractivity contribution in [2.24, 2.45) is 23.7 Å². The third-order valence-corrected chi connectivity index (χ3v) is 5.44. The Balaban J connectivity index is 0.00000196. The van der Waals surface area contributed by atoms with Crippen LogP contribution in [0.4, 0.5) is 0 Å². The fourth-order valence-electron chi connectivity index (χ4n) is 2.82. The summed E-state index contributed by atoms with van der Waals surface area (Å²) in [7, 11) is -4.13. The van der Waals surface area contributed by atoms with Gasteiger partial charge in [-0.15, -0.1) is 0 Å². The molecule has 0 bridgehead atoms. The fourth-order valence-corrected chi connectivity index (χ4v) is 4.27. The average molecular weight is 258 g/mol. The van der Waals surface area contributed by atoms with Crippen LogP contribution in [0.5, 0.6) is 0 Å². The smallest absolute Gasteiger partial charge is 0.748 e. The third-order valence-electron chi connectivity index (χ3n) is 3.88. The minimum absolute atomic E-state index is 0. The SMILES string of the molecule is CC1CC(C)C(S(=O)(=O)[O-])C(C)C1C.[K+]. The summed E-state index contributed by atoms with van der Waals surface area (Å²) in [5, 5.41) is -0.686. The van der Waals surface area contributed by atoms with Crippen molar-refractivity contribution in [3.8, 4) is 0 Å². The van der Waals surface area contributed by atoms with Gasteiger partial charge in [-0.25, -0.2) is 8.42 Å². The molecule has 1 aliphatic rings. The molecule has 0 radical (unpaired) electrons. The van der Waals surface area contributed by atoms with Gasteiger partial charge < -0.3 is 4.55 Å². The van der Waals surface area contributed by atoms with Gasteiger partial charge in [0.05, 0.1) is 15.4 Å². The van der Waals surface area contributed by atoms with E-state index < -0.39 is 15.4 Å². The molecular formula is C10H19KO3S. The summed E-state index contributed by atoms with van der Waals surface area (Å²) < 4.78 is 33.3. The summed E-state index contributed by atoms with van der Waals surface area (Å²) in [5.41, 5.74) is 0. The summed E-state index contributed by atoms with van der Waals surface area (Å²) in [6.07, 6.45) is 0.845. The molecule has 0 N–H and O–H groups in total. The van der Waals surface area contributed by atoms with Crippen LogP contribution >= 0.6 is 0 Å². The van der Waals surface area contributed by atoms with Crippen LogP contribution in [0.15, 0.2) is 0 Å². The molecule has 0 aromatic heterocycles. The molecule has 5 atom stereocenters. The van der Waals surface area contributed by atoms with Crippen molar-refractivity contribution in [2.45, 2.75) is 39.4 Å². The van der Waals surface area contributed by atoms with Gasteiger partial charge >= 0.3 is 51.4 Å². The van der Waals surface area contributed by atoms with Crippen LogP contribution < -0.4 is 51.4 Å². The van der Waals surface area contributed by atoms with Crippen molar-refractivity contribution in [1.29, 1.82) is 0 Å². The van der Waals surface area contributed by atoms with E-state index >= 15 is 0 Å². The molecule has 1 aliphatic carbocycles. The molecule has 15 heavy (non-hydrogen) atoms. The van der Waals surface area contributed by atoms with E-state index in [9.17, 15) is 13.0 Å². The number of hydrogen-bond acceptors (Lipinski definition) is 3. The van der Waals surface area contributed by atoms with Crippen molar-refractivity contribution in [1.82, 2.24) is 0 Å². The van der Waals surface area contributed by atoms with Crippen LogP contribution in [0.3, 0.4) is 0 Å². The zero-order chi connectivity index (χ0) is 11.1. The Kier molecular flexibility index (Phi) is 6.54. The van der Waals surface area contributed by atoms with Crippen molar-refractivity contribution in [3.05, 3.63) is 0 Å². The maximum Gasteiger partial charge on any atom is 1.00 e. The minimum atomic E-state index is -4.13. The molecule has 0 saturated heterocycles. The fraction of sp³-hybridized carbons (Fsp3) is 1.00. The molecule has 1 saturated carbocycles. The van der Waals surface area contributed by atoms with E-state index in [1.54, 1.807) is 0 Å². The molecule has 0 heterocycles. The van der Waals surface area contributed by atoms with Gasteiger partial charge in [0.2, 0.25) is 0 Å². The molecular weight excluding hydrogens is 239 g/mol. The molecule has 0 aromatic carbocycles. The second kappa shape index (κ2) is 5.93. The van der Waals surface area contributed by atoms with Crippen LogP contribution in [-0.2, 0) is 10.1 Å². The summed E-state index contributed by atoms with van der Waals surface area (Å²) in [4.78, 5) is 0. The second-order valence-electron chi connectivity index (χ2n) is 4.87. The normalized spacial score (nSPS) is 42.1. The summed E-state index contributed by atoms with van der Waals surface area (Å²) in [6.45, 7) is 7.93. The van der Waals surface area contributed by atoms with Gasteiger partial charge in [-0.05, 0) is 30.1 Å². The predicted molar refractivity (Wildman–Crippen MR) is 54.8 cm³/mol. The molecule has 0 amide bonds. The monoisotopic (exact) mass is 258 g/mol. The van der Waals surface area contributed by atoms with Gasteiger partial charge in [0, 0.05) is 0 Å². The Bertz CT molecular complexity index is 302. The first kappa shape index (κ1) is 16.5. The summed E-state index contributed by atoms with van der Waals surface area (Å²) in [5.74, 6) is 0.813. The van der Waals surface area contributed by atoms with E-state index in [0.717, 1.165) is 6.42 Å². The van der Waals surface area contributed by atoms with E-state index in [-0.39, 0.29) is 63.2 Å². The zero-order valence-electron chi connectivity index (χ0n) is 10.2. The van der Waals surface area contributed by atoms with Crippen LogP contribution in [0.25, 0.3) is 0 Å². The molecule has 1 fully saturated rings. The Morgan fingerprint density at radius 1 is 1.00 bits per heavy atom. The molecule has 3 nitrogen and oxygen atoms in total. The topological polar surface area (TPSA) is 57.2 Å². The summed E-state index contributed by atoms with van der Waals surface area (Å²) >= 11 is 0. The third kappa shape index (κ3) is 3.76. The van der Waals surface area contributed by atoms with E-state index in [1.807, 2.05) is 20.8 Å². The summed E-state index contributed by atoms with van der Waals surface area (Å²) in [6, 6.07) is 0. The molecule has 5 heteroatoms. The first-order valence-corrected chi connectivity index (χ1v) is 6.67. The van der Waals surface area contributed by atoms with E-state index in [2.05, 4.69) is 6.92 Å². The van der Waals surface area contributed by atoms with E-state index in [1.165, 1.54) is 0 Å². The van der Waals surface area contributed by atoms with Gasteiger partial charge in [0.25, 0.3) is 0 Å². The van der Waals surface area contributed by atoms with Gasteiger partial charge in [-0.1, -0.05) is 27.7 Å². The second-order valence-corrected chi connectivity index (χ2v) is 6.40. The van der Waals surface area contributed by atoms with Crippen LogP contribution in [0.1, 0.15) is 34.1 Å². The molecule has 1 rings (SSSR count). The quantitative estimate of drug-likeness (QED) is 0.441. The van der Waals surface area contributed by atoms with E-state index in [0.29, 0.717) is 11.8 Å². The van der Waals surface area contributed by atoms with Crippen molar-refractivity contribution in [3.63, 3.8) is 0 Å².